The largest absolute Gasteiger partial charge is 0.342 e. The summed E-state index contributed by atoms with van der Waals surface area (Å²) in [6.07, 6.45) is 1.13. The molecule has 0 spiro atoms. The molecule has 10 heteroatoms. The molecule has 2 saturated heterocycles. The van der Waals surface area contributed by atoms with E-state index in [1.165, 1.54) is 11.3 Å². The van der Waals surface area contributed by atoms with Gasteiger partial charge in [-0.2, -0.15) is 0 Å². The topological polar surface area (TPSA) is 89.1 Å². The highest BCUT2D eigenvalue weighted by Gasteiger charge is 2.34. The number of piperazine rings is 1. The van der Waals surface area contributed by atoms with Crippen molar-refractivity contribution in [1.82, 2.24) is 24.6 Å². The normalized spacial score (nSPS) is 19.6. The van der Waals surface area contributed by atoms with Crippen molar-refractivity contribution < 1.29 is 14.4 Å². The lowest BCUT2D eigenvalue weighted by atomic mass is 10.1. The molecule has 1 N–H and O–H groups in total. The third-order valence-corrected chi connectivity index (χ3v) is 7.21. The Kier molecular flexibility index (Phi) is 7.26. The molecular formula is C23H32N6O3S. The first-order chi connectivity index (χ1) is 15.8. The second kappa shape index (κ2) is 10.1. The molecule has 2 aliphatic heterocycles. The summed E-state index contributed by atoms with van der Waals surface area (Å²) in [6, 6.07) is 5.49. The van der Waals surface area contributed by atoms with Crippen LogP contribution in [0.4, 0.5) is 5.13 Å². The van der Waals surface area contributed by atoms with E-state index in [1.54, 1.807) is 11.0 Å². The minimum absolute atomic E-state index is 0.0304. The molecular weight excluding hydrogens is 440 g/mol. The van der Waals surface area contributed by atoms with E-state index in [2.05, 4.69) is 27.1 Å². The molecule has 33 heavy (non-hydrogen) atoms. The number of hydrogen-bond donors (Lipinski definition) is 1. The number of likely N-dealkylation sites (tertiary alicyclic amines) is 1. The third-order valence-electron chi connectivity index (χ3n) is 6.27. The van der Waals surface area contributed by atoms with Gasteiger partial charge in [0.2, 0.25) is 11.8 Å². The Morgan fingerprint density at radius 2 is 1.97 bits per heavy atom. The molecule has 1 aromatic heterocycles. The van der Waals surface area contributed by atoms with Gasteiger partial charge in [0, 0.05) is 51.3 Å². The highest BCUT2D eigenvalue weighted by Crippen LogP contribution is 2.29. The number of nitrogens with zero attached hydrogens (tertiary/aromatic N) is 5. The number of thiazole rings is 1. The molecule has 0 aliphatic carbocycles. The van der Waals surface area contributed by atoms with Crippen LogP contribution in [0.5, 0.6) is 0 Å². The number of fused-ring (bicyclic) bond motifs is 1. The zero-order valence-corrected chi connectivity index (χ0v) is 20.4. The quantitative estimate of drug-likeness (QED) is 0.656. The molecule has 3 amide bonds. The van der Waals surface area contributed by atoms with Gasteiger partial charge < -0.3 is 24.9 Å². The molecule has 4 rings (SSSR count). The first-order valence-corrected chi connectivity index (χ1v) is 12.2. The summed E-state index contributed by atoms with van der Waals surface area (Å²) in [4.78, 5) is 50.4. The predicted octanol–water partition coefficient (Wildman–Crippen LogP) is 1.42. The van der Waals surface area contributed by atoms with Crippen LogP contribution in [0.25, 0.3) is 10.2 Å². The van der Waals surface area contributed by atoms with Gasteiger partial charge in [-0.05, 0) is 52.3 Å². The van der Waals surface area contributed by atoms with Crippen LogP contribution in [0.15, 0.2) is 18.2 Å². The smallest absolute Gasteiger partial charge is 0.253 e. The predicted molar refractivity (Wildman–Crippen MR) is 130 cm³/mol. The van der Waals surface area contributed by atoms with E-state index < -0.39 is 0 Å². The van der Waals surface area contributed by atoms with Crippen molar-refractivity contribution in [2.45, 2.75) is 12.8 Å². The fraction of sp³-hybridized carbons (Fsp3) is 0.565. The Morgan fingerprint density at radius 3 is 2.70 bits per heavy atom. The van der Waals surface area contributed by atoms with E-state index in [-0.39, 0.29) is 30.1 Å². The van der Waals surface area contributed by atoms with Crippen LogP contribution in [-0.2, 0) is 9.59 Å². The van der Waals surface area contributed by atoms with Gasteiger partial charge in [0.05, 0.1) is 16.1 Å². The van der Waals surface area contributed by atoms with Gasteiger partial charge in [0.15, 0.2) is 5.13 Å². The van der Waals surface area contributed by atoms with Crippen LogP contribution >= 0.6 is 11.3 Å². The molecule has 1 aromatic carbocycles. The van der Waals surface area contributed by atoms with Crippen molar-refractivity contribution >= 4 is 44.4 Å². The van der Waals surface area contributed by atoms with Gasteiger partial charge in [-0.1, -0.05) is 11.3 Å². The molecule has 178 valence electrons. The monoisotopic (exact) mass is 472 g/mol. The second-order valence-corrected chi connectivity index (χ2v) is 10.2. The summed E-state index contributed by atoms with van der Waals surface area (Å²) >= 11 is 1.36. The average Bonchev–Trinajstić information content (AvgIpc) is 3.35. The SMILES string of the molecule is CN(C)CCCN1CC(C(=O)Nc2nc3ccc(C(=O)N4CCN(C)CC4)cc3s2)CC1=O. The number of nitrogens with one attached hydrogen (secondary N) is 1. The molecule has 1 atom stereocenters. The van der Waals surface area contributed by atoms with Crippen molar-refractivity contribution in [1.29, 1.82) is 0 Å². The van der Waals surface area contributed by atoms with Crippen molar-refractivity contribution in [3.8, 4) is 0 Å². The minimum Gasteiger partial charge on any atom is -0.342 e. The maximum absolute atomic E-state index is 12.9. The summed E-state index contributed by atoms with van der Waals surface area (Å²) in [7, 11) is 6.07. The Labute approximate surface area is 198 Å². The molecule has 0 saturated carbocycles. The lowest BCUT2D eigenvalue weighted by Gasteiger charge is -2.32. The summed E-state index contributed by atoms with van der Waals surface area (Å²) in [5.74, 6) is -0.474. The summed E-state index contributed by atoms with van der Waals surface area (Å²) in [5, 5.41) is 3.38. The highest BCUT2D eigenvalue weighted by atomic mass is 32.1. The van der Waals surface area contributed by atoms with E-state index in [9.17, 15) is 14.4 Å². The molecule has 2 aliphatic rings. The number of carbonyl (C=O) groups excluding carboxylic acids is 3. The number of benzene rings is 1. The van der Waals surface area contributed by atoms with Gasteiger partial charge in [0.25, 0.3) is 5.91 Å². The Morgan fingerprint density at radius 1 is 1.21 bits per heavy atom. The van der Waals surface area contributed by atoms with Crippen LogP contribution in [0, 0.1) is 5.92 Å². The number of amides is 3. The number of aromatic nitrogens is 1. The summed E-state index contributed by atoms with van der Waals surface area (Å²) in [6.45, 7) is 5.24. The van der Waals surface area contributed by atoms with Gasteiger partial charge in [0.1, 0.15) is 0 Å². The molecule has 9 nitrogen and oxygen atoms in total. The fourth-order valence-electron chi connectivity index (χ4n) is 4.25. The zero-order chi connectivity index (χ0) is 23.5. The summed E-state index contributed by atoms with van der Waals surface area (Å²) < 4.78 is 0.859. The second-order valence-electron chi connectivity index (χ2n) is 9.18. The van der Waals surface area contributed by atoms with Crippen molar-refractivity contribution in [3.05, 3.63) is 23.8 Å². The molecule has 1 unspecified atom stereocenters. The van der Waals surface area contributed by atoms with Crippen molar-refractivity contribution in [3.63, 3.8) is 0 Å². The first kappa shape index (κ1) is 23.6. The number of anilines is 1. The van der Waals surface area contributed by atoms with E-state index in [1.807, 2.05) is 31.1 Å². The molecule has 2 aromatic rings. The molecule has 0 radical (unpaired) electrons. The number of hydrogen-bond acceptors (Lipinski definition) is 7. The fourth-order valence-corrected chi connectivity index (χ4v) is 5.16. The zero-order valence-electron chi connectivity index (χ0n) is 19.5. The Balaban J connectivity index is 1.36. The van der Waals surface area contributed by atoms with Gasteiger partial charge in [-0.15, -0.1) is 0 Å². The van der Waals surface area contributed by atoms with Crippen LogP contribution in [0.1, 0.15) is 23.2 Å². The third kappa shape index (κ3) is 5.69. The number of likely N-dealkylation sites (N-methyl/N-ethyl adjacent to an activating group) is 1. The van der Waals surface area contributed by atoms with Crippen LogP contribution in [-0.4, -0.2) is 109 Å². The number of rotatable bonds is 7. The van der Waals surface area contributed by atoms with Gasteiger partial charge >= 0.3 is 0 Å². The van der Waals surface area contributed by atoms with E-state index >= 15 is 0 Å². The van der Waals surface area contributed by atoms with E-state index in [0.29, 0.717) is 23.8 Å². The van der Waals surface area contributed by atoms with Crippen molar-refractivity contribution in [2.24, 2.45) is 5.92 Å². The highest BCUT2D eigenvalue weighted by molar-refractivity contribution is 7.22. The average molecular weight is 473 g/mol. The Bertz CT molecular complexity index is 1030. The van der Waals surface area contributed by atoms with E-state index in [0.717, 1.165) is 49.4 Å². The maximum atomic E-state index is 12.9. The number of carbonyl (C=O) groups is 3. The van der Waals surface area contributed by atoms with Crippen LogP contribution < -0.4 is 5.32 Å². The molecule has 3 heterocycles. The van der Waals surface area contributed by atoms with Crippen LogP contribution in [0.2, 0.25) is 0 Å². The molecule has 2 fully saturated rings. The van der Waals surface area contributed by atoms with Gasteiger partial charge in [-0.3, -0.25) is 14.4 Å². The van der Waals surface area contributed by atoms with Gasteiger partial charge in [-0.25, -0.2) is 4.98 Å². The standard InChI is InChI=1S/C23H32N6O3S/c1-26(2)7-4-8-29-15-17(14-20(29)30)21(31)25-23-24-18-6-5-16(13-19(18)33-23)22(32)28-11-9-27(3)10-12-28/h5-6,13,17H,4,7-12,14-15H2,1-3H3,(H,24,25,31). The molecule has 0 bridgehead atoms. The maximum Gasteiger partial charge on any atom is 0.253 e. The van der Waals surface area contributed by atoms with E-state index in [4.69, 9.17) is 0 Å². The Hall–Kier alpha value is -2.56. The van der Waals surface area contributed by atoms with Crippen LogP contribution in [0.3, 0.4) is 0 Å². The van der Waals surface area contributed by atoms with Crippen molar-refractivity contribution in [2.75, 3.05) is 72.3 Å². The lowest BCUT2D eigenvalue weighted by molar-refractivity contribution is -0.128. The summed E-state index contributed by atoms with van der Waals surface area (Å²) in [5.41, 5.74) is 1.39. The first-order valence-electron chi connectivity index (χ1n) is 11.4. The minimum atomic E-state index is -0.363. The lowest BCUT2D eigenvalue weighted by Crippen LogP contribution is -2.47.